The molecule has 1 aliphatic heterocycles. The minimum absolute atomic E-state index is 0.0168. The van der Waals surface area contributed by atoms with Crippen LogP contribution in [0.25, 0.3) is 0 Å². The number of phenolic OH excluding ortho intramolecular Hbond substituents is 1. The van der Waals surface area contributed by atoms with Gasteiger partial charge in [-0.05, 0) is 55.4 Å². The Morgan fingerprint density at radius 2 is 2.20 bits per heavy atom. The summed E-state index contributed by atoms with van der Waals surface area (Å²) < 4.78 is 5.45. The Bertz CT molecular complexity index is 830. The van der Waals surface area contributed by atoms with Crippen molar-refractivity contribution in [2.24, 2.45) is 5.92 Å². The third-order valence-corrected chi connectivity index (χ3v) is 6.09. The molecule has 1 aliphatic carbocycles. The lowest BCUT2D eigenvalue weighted by Crippen LogP contribution is -2.38. The molecule has 1 aromatic heterocycles. The highest BCUT2D eigenvalue weighted by molar-refractivity contribution is 7.16. The number of carbonyl (C=O) groups excluding carboxylic acids is 1. The topological polar surface area (TPSA) is 70.6 Å². The molecule has 2 aliphatic rings. The number of ether oxygens (including phenoxy) is 1. The van der Waals surface area contributed by atoms with E-state index in [1.807, 2.05) is 6.92 Å². The third kappa shape index (κ3) is 2.84. The summed E-state index contributed by atoms with van der Waals surface area (Å²) in [6.45, 7) is 4.61. The van der Waals surface area contributed by atoms with Crippen molar-refractivity contribution in [1.82, 2.24) is 5.32 Å². The van der Waals surface area contributed by atoms with E-state index in [-0.39, 0.29) is 17.8 Å². The maximum Gasteiger partial charge on any atom is 0.256 e. The molecule has 25 heavy (non-hydrogen) atoms. The first kappa shape index (κ1) is 16.3. The average molecular weight is 358 g/mol. The van der Waals surface area contributed by atoms with E-state index in [4.69, 9.17) is 4.74 Å². The van der Waals surface area contributed by atoms with E-state index in [1.54, 1.807) is 29.5 Å². The van der Waals surface area contributed by atoms with Crippen LogP contribution in [0.3, 0.4) is 0 Å². The van der Waals surface area contributed by atoms with Gasteiger partial charge in [0.15, 0.2) is 11.5 Å². The van der Waals surface area contributed by atoms with Crippen molar-refractivity contribution in [3.8, 4) is 11.5 Å². The number of nitrogens with one attached hydrogen (secondary N) is 2. The summed E-state index contributed by atoms with van der Waals surface area (Å²) in [5.41, 5.74) is 2.91. The lowest BCUT2D eigenvalue weighted by atomic mass is 9.88. The van der Waals surface area contributed by atoms with Crippen LogP contribution < -0.4 is 15.4 Å². The number of rotatable bonds is 3. The van der Waals surface area contributed by atoms with Crippen molar-refractivity contribution in [3.63, 3.8) is 0 Å². The maximum atomic E-state index is 12.7. The number of benzene rings is 1. The normalized spacial score (nSPS) is 21.8. The SMILES string of the molecule is CCOc1cc([C@@H]2NC(=O)c3c(sc4c3CC[C@H](C)C4)N2)ccc1O. The summed E-state index contributed by atoms with van der Waals surface area (Å²) >= 11 is 1.71. The lowest BCUT2D eigenvalue weighted by molar-refractivity contribution is 0.0935. The molecule has 2 aromatic rings. The number of phenols is 1. The predicted molar refractivity (Wildman–Crippen MR) is 98.6 cm³/mol. The first-order valence-electron chi connectivity index (χ1n) is 8.74. The van der Waals surface area contributed by atoms with Crippen molar-refractivity contribution in [3.05, 3.63) is 39.8 Å². The van der Waals surface area contributed by atoms with Gasteiger partial charge >= 0.3 is 0 Å². The summed E-state index contributed by atoms with van der Waals surface area (Å²) in [5, 5.41) is 17.3. The highest BCUT2D eigenvalue weighted by Crippen LogP contribution is 2.43. The standard InChI is InChI=1S/C19H22N2O3S/c1-3-24-14-9-11(5-7-13(14)22)17-20-18(23)16-12-6-4-10(2)8-15(12)25-19(16)21-17/h5,7,9-10,17,21-22H,3-4,6,8H2,1-2H3,(H,20,23)/t10-,17+/m0/s1. The number of fused-ring (bicyclic) bond motifs is 3. The molecule has 3 N–H and O–H groups in total. The second kappa shape index (κ2) is 6.26. The number of carbonyl (C=O) groups is 1. The molecule has 0 bridgehead atoms. The van der Waals surface area contributed by atoms with E-state index in [0.717, 1.165) is 35.4 Å². The molecule has 2 heterocycles. The summed E-state index contributed by atoms with van der Waals surface area (Å²) in [5.74, 6) is 1.20. The van der Waals surface area contributed by atoms with Crippen LogP contribution >= 0.6 is 11.3 Å². The second-order valence-electron chi connectivity index (χ2n) is 6.77. The number of hydrogen-bond acceptors (Lipinski definition) is 5. The third-order valence-electron chi connectivity index (χ3n) is 4.91. The number of aromatic hydroxyl groups is 1. The van der Waals surface area contributed by atoms with Gasteiger partial charge in [-0.2, -0.15) is 0 Å². The monoisotopic (exact) mass is 358 g/mol. The summed E-state index contributed by atoms with van der Waals surface area (Å²) in [7, 11) is 0. The van der Waals surface area contributed by atoms with E-state index in [9.17, 15) is 9.90 Å². The van der Waals surface area contributed by atoms with Gasteiger partial charge < -0.3 is 20.5 Å². The molecule has 5 nitrogen and oxygen atoms in total. The van der Waals surface area contributed by atoms with Crippen molar-refractivity contribution in [2.45, 2.75) is 39.3 Å². The lowest BCUT2D eigenvalue weighted by Gasteiger charge is -2.27. The van der Waals surface area contributed by atoms with E-state index in [0.29, 0.717) is 18.3 Å². The molecule has 0 saturated heterocycles. The fourth-order valence-electron chi connectivity index (χ4n) is 3.61. The van der Waals surface area contributed by atoms with Gasteiger partial charge in [0.05, 0.1) is 12.2 Å². The second-order valence-corrected chi connectivity index (χ2v) is 7.87. The fraction of sp³-hybridized carbons (Fsp3) is 0.421. The Morgan fingerprint density at radius 1 is 1.36 bits per heavy atom. The summed E-state index contributed by atoms with van der Waals surface area (Å²) in [4.78, 5) is 14.1. The van der Waals surface area contributed by atoms with E-state index in [1.165, 1.54) is 10.4 Å². The summed E-state index contributed by atoms with van der Waals surface area (Å²) in [6.07, 6.45) is 2.86. The van der Waals surface area contributed by atoms with Gasteiger partial charge in [0.2, 0.25) is 0 Å². The molecular weight excluding hydrogens is 336 g/mol. The Labute approximate surface area is 151 Å². The number of hydrogen-bond donors (Lipinski definition) is 3. The van der Waals surface area contributed by atoms with Crippen molar-refractivity contribution in [2.75, 3.05) is 11.9 Å². The smallest absolute Gasteiger partial charge is 0.256 e. The Kier molecular flexibility index (Phi) is 4.07. The quantitative estimate of drug-likeness (QED) is 0.780. The van der Waals surface area contributed by atoms with Crippen LogP contribution in [0.4, 0.5) is 5.00 Å². The van der Waals surface area contributed by atoms with Gasteiger partial charge in [0.25, 0.3) is 5.91 Å². The first-order chi connectivity index (χ1) is 12.1. The molecule has 1 amide bonds. The largest absolute Gasteiger partial charge is 0.504 e. The van der Waals surface area contributed by atoms with Crippen molar-refractivity contribution < 1.29 is 14.6 Å². The molecule has 2 atom stereocenters. The van der Waals surface area contributed by atoms with Crippen LogP contribution in [-0.4, -0.2) is 17.6 Å². The van der Waals surface area contributed by atoms with Crippen LogP contribution in [-0.2, 0) is 12.8 Å². The zero-order chi connectivity index (χ0) is 17.6. The molecular formula is C19H22N2O3S. The predicted octanol–water partition coefficient (Wildman–Crippen LogP) is 3.83. The Balaban J connectivity index is 1.66. The van der Waals surface area contributed by atoms with Gasteiger partial charge in [-0.3, -0.25) is 4.79 Å². The van der Waals surface area contributed by atoms with E-state index in [2.05, 4.69) is 17.6 Å². The molecule has 132 valence electrons. The van der Waals surface area contributed by atoms with Crippen molar-refractivity contribution in [1.29, 1.82) is 0 Å². The zero-order valence-corrected chi connectivity index (χ0v) is 15.2. The Hall–Kier alpha value is -2.21. The Morgan fingerprint density at radius 3 is 3.00 bits per heavy atom. The van der Waals surface area contributed by atoms with Gasteiger partial charge in [-0.25, -0.2) is 0 Å². The molecule has 0 radical (unpaired) electrons. The van der Waals surface area contributed by atoms with Crippen LogP contribution in [0, 0.1) is 5.92 Å². The summed E-state index contributed by atoms with van der Waals surface area (Å²) in [6, 6.07) is 5.18. The minimum Gasteiger partial charge on any atom is -0.504 e. The molecule has 0 saturated carbocycles. The van der Waals surface area contributed by atoms with Crippen LogP contribution in [0.1, 0.15) is 52.8 Å². The zero-order valence-electron chi connectivity index (χ0n) is 14.4. The molecule has 1 aromatic carbocycles. The molecule has 4 rings (SSSR count). The van der Waals surface area contributed by atoms with Gasteiger partial charge in [0.1, 0.15) is 11.2 Å². The van der Waals surface area contributed by atoms with Crippen LogP contribution in [0.15, 0.2) is 18.2 Å². The van der Waals surface area contributed by atoms with Gasteiger partial charge in [-0.15, -0.1) is 11.3 Å². The first-order valence-corrected chi connectivity index (χ1v) is 9.56. The molecule has 0 spiro atoms. The molecule has 0 unspecified atom stereocenters. The number of thiophene rings is 1. The van der Waals surface area contributed by atoms with E-state index >= 15 is 0 Å². The minimum atomic E-state index is -0.322. The fourth-order valence-corrected chi connectivity index (χ4v) is 5.05. The number of anilines is 1. The maximum absolute atomic E-state index is 12.7. The number of amides is 1. The molecule has 0 fully saturated rings. The van der Waals surface area contributed by atoms with Gasteiger partial charge in [-0.1, -0.05) is 13.0 Å². The average Bonchev–Trinajstić information content (AvgIpc) is 2.94. The van der Waals surface area contributed by atoms with E-state index < -0.39 is 0 Å². The van der Waals surface area contributed by atoms with Crippen LogP contribution in [0.2, 0.25) is 0 Å². The molecule has 6 heteroatoms. The highest BCUT2D eigenvalue weighted by Gasteiger charge is 2.33. The highest BCUT2D eigenvalue weighted by atomic mass is 32.1. The van der Waals surface area contributed by atoms with Gasteiger partial charge in [0, 0.05) is 4.88 Å². The van der Waals surface area contributed by atoms with Crippen molar-refractivity contribution >= 4 is 22.2 Å². The van der Waals surface area contributed by atoms with Crippen LogP contribution in [0.5, 0.6) is 11.5 Å².